The van der Waals surface area contributed by atoms with E-state index in [1.807, 2.05) is 60.7 Å². The summed E-state index contributed by atoms with van der Waals surface area (Å²) in [4.78, 5) is 25.0. The summed E-state index contributed by atoms with van der Waals surface area (Å²) >= 11 is 1.35. The summed E-state index contributed by atoms with van der Waals surface area (Å²) in [7, 11) is 0. The smallest absolute Gasteiger partial charge is 0.408 e. The molecular weight excluding hydrogens is 516 g/mol. The zero-order valence-corrected chi connectivity index (χ0v) is 24.0. The van der Waals surface area contributed by atoms with E-state index in [4.69, 9.17) is 13.9 Å². The van der Waals surface area contributed by atoms with Crippen molar-refractivity contribution in [2.24, 2.45) is 5.92 Å². The van der Waals surface area contributed by atoms with Gasteiger partial charge in [0.1, 0.15) is 18.2 Å². The third-order valence-electron chi connectivity index (χ3n) is 5.39. The SMILES string of the molecule is CC(C)C[C@@H](CSc1nnc([C@H](Cc2ccccc2)NC(=O)OC(C)(C)C)o1)NC(=O)OCc1ccccc1. The molecule has 1 aromatic heterocycles. The van der Waals surface area contributed by atoms with Crippen molar-refractivity contribution in [2.45, 2.75) is 77.0 Å². The van der Waals surface area contributed by atoms with E-state index in [0.717, 1.165) is 17.5 Å². The van der Waals surface area contributed by atoms with Crippen molar-refractivity contribution in [1.29, 1.82) is 0 Å². The highest BCUT2D eigenvalue weighted by Gasteiger charge is 2.25. The Morgan fingerprint density at radius 3 is 2.18 bits per heavy atom. The second-order valence-corrected chi connectivity index (χ2v) is 11.6. The molecule has 0 aliphatic heterocycles. The number of nitrogens with one attached hydrogen (secondary N) is 2. The highest BCUT2D eigenvalue weighted by Crippen LogP contribution is 2.24. The van der Waals surface area contributed by atoms with Gasteiger partial charge in [-0.3, -0.25) is 0 Å². The minimum atomic E-state index is -0.641. The molecule has 0 radical (unpaired) electrons. The third-order valence-corrected chi connectivity index (χ3v) is 6.37. The molecule has 1 heterocycles. The summed E-state index contributed by atoms with van der Waals surface area (Å²) in [5, 5.41) is 14.5. The summed E-state index contributed by atoms with van der Waals surface area (Å²) in [6.07, 6.45) is 0.175. The van der Waals surface area contributed by atoms with Gasteiger partial charge in [-0.1, -0.05) is 86.3 Å². The van der Waals surface area contributed by atoms with Crippen molar-refractivity contribution < 1.29 is 23.5 Å². The molecule has 2 N–H and O–H groups in total. The molecule has 2 aromatic carbocycles. The molecule has 39 heavy (non-hydrogen) atoms. The number of rotatable bonds is 12. The van der Waals surface area contributed by atoms with Gasteiger partial charge < -0.3 is 24.5 Å². The first kappa shape index (κ1) is 30.0. The number of hydrogen-bond donors (Lipinski definition) is 2. The second-order valence-electron chi connectivity index (χ2n) is 10.6. The number of amides is 2. The number of hydrogen-bond acceptors (Lipinski definition) is 8. The van der Waals surface area contributed by atoms with E-state index in [1.54, 1.807) is 20.8 Å². The van der Waals surface area contributed by atoms with Gasteiger partial charge in [0.15, 0.2) is 0 Å². The Kier molecular flexibility index (Phi) is 11.2. The van der Waals surface area contributed by atoms with Gasteiger partial charge in [-0.15, -0.1) is 10.2 Å². The van der Waals surface area contributed by atoms with Gasteiger partial charge in [0.2, 0.25) is 5.89 Å². The molecule has 3 rings (SSSR count). The Morgan fingerprint density at radius 1 is 0.923 bits per heavy atom. The fourth-order valence-electron chi connectivity index (χ4n) is 3.76. The lowest BCUT2D eigenvalue weighted by Crippen LogP contribution is -2.38. The number of aromatic nitrogens is 2. The third kappa shape index (κ3) is 11.4. The number of nitrogens with zero attached hydrogens (tertiary/aromatic N) is 2. The first-order valence-electron chi connectivity index (χ1n) is 13.0. The monoisotopic (exact) mass is 554 g/mol. The normalized spacial score (nSPS) is 13.0. The molecule has 10 heteroatoms. The van der Waals surface area contributed by atoms with Crippen molar-refractivity contribution in [3.8, 4) is 0 Å². The maximum atomic E-state index is 12.5. The molecule has 0 saturated heterocycles. The molecule has 2 atom stereocenters. The van der Waals surface area contributed by atoms with Crippen molar-refractivity contribution in [3.05, 3.63) is 77.7 Å². The van der Waals surface area contributed by atoms with Crippen LogP contribution in [0.4, 0.5) is 9.59 Å². The van der Waals surface area contributed by atoms with Crippen LogP contribution in [-0.2, 0) is 22.5 Å². The Hall–Kier alpha value is -3.53. The van der Waals surface area contributed by atoms with Crippen LogP contribution in [-0.4, -0.2) is 39.8 Å². The van der Waals surface area contributed by atoms with Gasteiger partial charge in [0.25, 0.3) is 5.22 Å². The Morgan fingerprint density at radius 2 is 1.56 bits per heavy atom. The van der Waals surface area contributed by atoms with Crippen molar-refractivity contribution in [3.63, 3.8) is 0 Å². The maximum absolute atomic E-state index is 12.5. The van der Waals surface area contributed by atoms with Gasteiger partial charge >= 0.3 is 12.2 Å². The highest BCUT2D eigenvalue weighted by molar-refractivity contribution is 7.99. The number of benzene rings is 2. The molecule has 2 amide bonds. The maximum Gasteiger partial charge on any atom is 0.408 e. The largest absolute Gasteiger partial charge is 0.445 e. The van der Waals surface area contributed by atoms with Crippen LogP contribution in [0.1, 0.15) is 64.1 Å². The minimum Gasteiger partial charge on any atom is -0.445 e. The van der Waals surface area contributed by atoms with Crippen molar-refractivity contribution in [2.75, 3.05) is 5.75 Å². The van der Waals surface area contributed by atoms with Gasteiger partial charge in [-0.2, -0.15) is 0 Å². The molecule has 0 aliphatic rings. The van der Waals surface area contributed by atoms with Crippen LogP contribution in [0, 0.1) is 5.92 Å². The second kappa shape index (κ2) is 14.6. The van der Waals surface area contributed by atoms with E-state index >= 15 is 0 Å². The fraction of sp³-hybridized carbons (Fsp3) is 0.448. The number of alkyl carbamates (subject to hydrolysis) is 2. The summed E-state index contributed by atoms with van der Waals surface area (Å²) in [5.74, 6) is 1.16. The van der Waals surface area contributed by atoms with Gasteiger partial charge in [0, 0.05) is 18.2 Å². The molecule has 210 valence electrons. The van der Waals surface area contributed by atoms with E-state index in [-0.39, 0.29) is 18.5 Å². The molecule has 0 aliphatic carbocycles. The van der Waals surface area contributed by atoms with Crippen LogP contribution >= 0.6 is 11.8 Å². The average molecular weight is 555 g/mol. The minimum absolute atomic E-state index is 0.159. The summed E-state index contributed by atoms with van der Waals surface area (Å²) in [6.45, 7) is 9.80. The Labute approximate surface area is 234 Å². The molecule has 0 fully saturated rings. The lowest BCUT2D eigenvalue weighted by Gasteiger charge is -2.22. The molecule has 0 spiro atoms. The Balaban J connectivity index is 1.62. The van der Waals surface area contributed by atoms with Gasteiger partial charge in [-0.25, -0.2) is 9.59 Å². The van der Waals surface area contributed by atoms with Crippen LogP contribution in [0.25, 0.3) is 0 Å². The van der Waals surface area contributed by atoms with Crippen LogP contribution in [0.2, 0.25) is 0 Å². The summed E-state index contributed by atoms with van der Waals surface area (Å²) in [5.41, 5.74) is 1.28. The van der Waals surface area contributed by atoms with Crippen molar-refractivity contribution in [1.82, 2.24) is 20.8 Å². The first-order chi connectivity index (χ1) is 18.6. The predicted octanol–water partition coefficient (Wildman–Crippen LogP) is 6.31. The lowest BCUT2D eigenvalue weighted by molar-refractivity contribution is 0.0494. The molecule has 9 nitrogen and oxygen atoms in total. The molecule has 0 unspecified atom stereocenters. The molecule has 3 aromatic rings. The summed E-state index contributed by atoms with van der Waals surface area (Å²) in [6, 6.07) is 18.5. The van der Waals surface area contributed by atoms with E-state index < -0.39 is 23.8 Å². The zero-order chi connectivity index (χ0) is 28.3. The lowest BCUT2D eigenvalue weighted by atomic mass is 10.1. The van der Waals surface area contributed by atoms with Crippen LogP contribution in [0.15, 0.2) is 70.3 Å². The number of carbonyl (C=O) groups is 2. The van der Waals surface area contributed by atoms with E-state index in [1.165, 1.54) is 11.8 Å². The molecule has 0 saturated carbocycles. The zero-order valence-electron chi connectivity index (χ0n) is 23.2. The van der Waals surface area contributed by atoms with Crippen molar-refractivity contribution >= 4 is 23.9 Å². The Bertz CT molecular complexity index is 1170. The topological polar surface area (TPSA) is 116 Å². The van der Waals surface area contributed by atoms with E-state index in [2.05, 4.69) is 34.7 Å². The van der Waals surface area contributed by atoms with Crippen LogP contribution in [0.3, 0.4) is 0 Å². The number of ether oxygens (including phenoxy) is 2. The number of carbonyl (C=O) groups excluding carboxylic acids is 2. The van der Waals surface area contributed by atoms with Gasteiger partial charge in [-0.05, 0) is 44.2 Å². The van der Waals surface area contributed by atoms with E-state index in [0.29, 0.717) is 23.3 Å². The first-order valence-corrected chi connectivity index (χ1v) is 14.0. The average Bonchev–Trinajstić information content (AvgIpc) is 3.35. The highest BCUT2D eigenvalue weighted by atomic mass is 32.2. The fourth-order valence-corrected chi connectivity index (χ4v) is 4.57. The van der Waals surface area contributed by atoms with Crippen LogP contribution in [0.5, 0.6) is 0 Å². The molecule has 0 bridgehead atoms. The van der Waals surface area contributed by atoms with E-state index in [9.17, 15) is 9.59 Å². The van der Waals surface area contributed by atoms with Gasteiger partial charge in [0.05, 0.1) is 0 Å². The molecular formula is C29H38N4O5S. The number of thioether (sulfide) groups is 1. The van der Waals surface area contributed by atoms with Crippen LogP contribution < -0.4 is 10.6 Å². The predicted molar refractivity (Wildman–Crippen MR) is 150 cm³/mol. The standard InChI is InChI=1S/C29H38N4O5S/c1-20(2)16-23(30-26(34)36-18-22-14-10-7-11-15-22)19-39-28-33-32-25(37-28)24(17-21-12-8-6-9-13-21)31-27(35)38-29(3,4)5/h6-15,20,23-24H,16-19H2,1-5H3,(H,30,34)(H,31,35)/t23-,24-/m0/s1. The quantitative estimate of drug-likeness (QED) is 0.250. The summed E-state index contributed by atoms with van der Waals surface area (Å²) < 4.78 is 16.8.